The molecule has 0 fully saturated rings. The van der Waals surface area contributed by atoms with Crippen molar-refractivity contribution in [1.82, 2.24) is 0 Å². The summed E-state index contributed by atoms with van der Waals surface area (Å²) in [6.07, 6.45) is -1.25. The van der Waals surface area contributed by atoms with Gasteiger partial charge in [0.05, 0.1) is 0 Å². The highest BCUT2D eigenvalue weighted by Gasteiger charge is 2.28. The lowest BCUT2D eigenvalue weighted by molar-refractivity contribution is -0.125. The number of aryl methyl sites for hydroxylation is 3. The first-order valence-corrected chi connectivity index (χ1v) is 9.43. The molecular formula is C24H23NO5. The summed E-state index contributed by atoms with van der Waals surface area (Å²) in [5.74, 6) is -2.44. The first-order chi connectivity index (χ1) is 14.3. The summed E-state index contributed by atoms with van der Waals surface area (Å²) >= 11 is 0. The minimum atomic E-state index is -1.25. The summed E-state index contributed by atoms with van der Waals surface area (Å²) < 4.78 is 5.48. The standard InChI is InChI=1S/C24H23NO5/c1-14-9-10-15(2)19(13-14)25-23(28)22(17-7-5-4-6-8-17)30-24(29)18-12-11-16(3)20(26)21(18)27/h4-13,22,26-27H,1-3H3,(H,25,28). The molecule has 1 amide bonds. The van der Waals surface area contributed by atoms with Gasteiger partial charge in [0.25, 0.3) is 5.91 Å². The van der Waals surface area contributed by atoms with Crippen molar-refractivity contribution in [3.63, 3.8) is 0 Å². The molecule has 3 aromatic rings. The zero-order valence-electron chi connectivity index (χ0n) is 17.0. The zero-order chi connectivity index (χ0) is 21.8. The van der Waals surface area contributed by atoms with Crippen molar-refractivity contribution in [2.45, 2.75) is 26.9 Å². The van der Waals surface area contributed by atoms with Crippen LogP contribution in [0.5, 0.6) is 11.5 Å². The summed E-state index contributed by atoms with van der Waals surface area (Å²) in [4.78, 5) is 25.8. The van der Waals surface area contributed by atoms with Crippen LogP contribution in [-0.2, 0) is 9.53 Å². The van der Waals surface area contributed by atoms with E-state index in [-0.39, 0.29) is 5.56 Å². The third-order valence-electron chi connectivity index (χ3n) is 4.79. The molecule has 0 radical (unpaired) electrons. The fraction of sp³-hybridized carbons (Fsp3) is 0.167. The topological polar surface area (TPSA) is 95.9 Å². The van der Waals surface area contributed by atoms with E-state index in [1.165, 1.54) is 12.1 Å². The molecular weight excluding hydrogens is 382 g/mol. The molecule has 154 valence electrons. The van der Waals surface area contributed by atoms with Gasteiger partial charge in [0.15, 0.2) is 11.5 Å². The maximum Gasteiger partial charge on any atom is 0.343 e. The second-order valence-corrected chi connectivity index (χ2v) is 7.13. The molecule has 3 aromatic carbocycles. The Hall–Kier alpha value is -3.80. The first-order valence-electron chi connectivity index (χ1n) is 9.43. The number of esters is 1. The van der Waals surface area contributed by atoms with Crippen LogP contribution in [0.3, 0.4) is 0 Å². The molecule has 0 saturated heterocycles. The van der Waals surface area contributed by atoms with E-state index in [0.29, 0.717) is 16.8 Å². The molecule has 6 heteroatoms. The Kier molecular flexibility index (Phi) is 6.06. The molecule has 0 spiro atoms. The van der Waals surface area contributed by atoms with Crippen LogP contribution in [0.4, 0.5) is 5.69 Å². The lowest BCUT2D eigenvalue weighted by atomic mass is 10.1. The monoisotopic (exact) mass is 405 g/mol. The van der Waals surface area contributed by atoms with E-state index in [0.717, 1.165) is 11.1 Å². The lowest BCUT2D eigenvalue weighted by Gasteiger charge is -2.19. The Labute approximate surface area is 174 Å². The number of hydrogen-bond donors (Lipinski definition) is 3. The molecule has 6 nitrogen and oxygen atoms in total. The van der Waals surface area contributed by atoms with Crippen molar-refractivity contribution in [2.75, 3.05) is 5.32 Å². The maximum absolute atomic E-state index is 13.0. The van der Waals surface area contributed by atoms with Gasteiger partial charge in [-0.2, -0.15) is 0 Å². The second kappa shape index (κ2) is 8.69. The maximum atomic E-state index is 13.0. The molecule has 0 aromatic heterocycles. The van der Waals surface area contributed by atoms with Crippen LogP contribution in [0, 0.1) is 20.8 Å². The lowest BCUT2D eigenvalue weighted by Crippen LogP contribution is -2.26. The quantitative estimate of drug-likeness (QED) is 0.427. The van der Waals surface area contributed by atoms with E-state index >= 15 is 0 Å². The van der Waals surface area contributed by atoms with Gasteiger partial charge in [-0.1, -0.05) is 48.5 Å². The van der Waals surface area contributed by atoms with Gasteiger partial charge in [0.2, 0.25) is 6.10 Å². The first kappa shape index (κ1) is 20.9. The average molecular weight is 405 g/mol. The Morgan fingerprint density at radius 1 is 0.867 bits per heavy atom. The van der Waals surface area contributed by atoms with Crippen molar-refractivity contribution in [2.24, 2.45) is 0 Å². The number of benzene rings is 3. The van der Waals surface area contributed by atoms with Crippen molar-refractivity contribution in [1.29, 1.82) is 0 Å². The van der Waals surface area contributed by atoms with Crippen LogP contribution in [0.2, 0.25) is 0 Å². The van der Waals surface area contributed by atoms with E-state index < -0.39 is 29.5 Å². The SMILES string of the molecule is Cc1ccc(C)c(NC(=O)C(OC(=O)c2ccc(C)c(O)c2O)c2ccccc2)c1. The highest BCUT2D eigenvalue weighted by molar-refractivity contribution is 5.99. The molecule has 0 heterocycles. The van der Waals surface area contributed by atoms with Gasteiger partial charge in [-0.25, -0.2) is 4.79 Å². The predicted molar refractivity (Wildman–Crippen MR) is 114 cm³/mol. The van der Waals surface area contributed by atoms with Gasteiger partial charge in [-0.3, -0.25) is 4.79 Å². The second-order valence-electron chi connectivity index (χ2n) is 7.13. The van der Waals surface area contributed by atoms with Crippen LogP contribution in [0.25, 0.3) is 0 Å². The van der Waals surface area contributed by atoms with E-state index in [1.807, 2.05) is 32.0 Å². The Balaban J connectivity index is 1.92. The van der Waals surface area contributed by atoms with Crippen molar-refractivity contribution in [3.8, 4) is 11.5 Å². The highest BCUT2D eigenvalue weighted by atomic mass is 16.5. The largest absolute Gasteiger partial charge is 0.504 e. The molecule has 0 saturated carbocycles. The number of nitrogens with one attached hydrogen (secondary N) is 1. The molecule has 3 N–H and O–H groups in total. The number of phenols is 2. The summed E-state index contributed by atoms with van der Waals surface area (Å²) in [7, 11) is 0. The summed E-state index contributed by atoms with van der Waals surface area (Å²) in [5.41, 5.74) is 3.13. The molecule has 0 aliphatic rings. The molecule has 3 rings (SSSR count). The number of aromatic hydroxyl groups is 2. The number of carbonyl (C=O) groups is 2. The fourth-order valence-electron chi connectivity index (χ4n) is 2.99. The van der Waals surface area contributed by atoms with Crippen molar-refractivity contribution in [3.05, 3.63) is 88.5 Å². The number of hydrogen-bond acceptors (Lipinski definition) is 5. The number of ether oxygens (including phenoxy) is 1. The minimum absolute atomic E-state index is 0.224. The van der Waals surface area contributed by atoms with Crippen molar-refractivity contribution < 1.29 is 24.5 Å². The van der Waals surface area contributed by atoms with E-state index in [1.54, 1.807) is 37.3 Å². The number of rotatable bonds is 5. The number of phenolic OH excluding ortho intramolecular Hbond substituents is 2. The summed E-state index contributed by atoms with van der Waals surface area (Å²) in [6, 6.07) is 17.1. The zero-order valence-corrected chi connectivity index (χ0v) is 17.0. The van der Waals surface area contributed by atoms with Crippen LogP contribution in [0.15, 0.2) is 60.7 Å². The van der Waals surface area contributed by atoms with Crippen LogP contribution in [0.1, 0.15) is 38.7 Å². The number of amides is 1. The van der Waals surface area contributed by atoms with Crippen LogP contribution < -0.4 is 5.32 Å². The van der Waals surface area contributed by atoms with Crippen molar-refractivity contribution >= 4 is 17.6 Å². The smallest absolute Gasteiger partial charge is 0.343 e. The molecule has 0 bridgehead atoms. The Morgan fingerprint density at radius 2 is 1.53 bits per heavy atom. The molecule has 30 heavy (non-hydrogen) atoms. The molecule has 1 atom stereocenters. The normalized spacial score (nSPS) is 11.6. The van der Waals surface area contributed by atoms with E-state index in [2.05, 4.69) is 5.32 Å². The molecule has 1 unspecified atom stereocenters. The van der Waals surface area contributed by atoms with Crippen LogP contribution >= 0.6 is 0 Å². The molecule has 0 aliphatic heterocycles. The summed E-state index contributed by atoms with van der Waals surface area (Å²) in [5, 5.41) is 22.8. The average Bonchev–Trinajstić information content (AvgIpc) is 2.73. The highest BCUT2D eigenvalue weighted by Crippen LogP contribution is 2.33. The predicted octanol–water partition coefficient (Wildman–Crippen LogP) is 4.56. The number of carbonyl (C=O) groups excluding carboxylic acids is 2. The molecule has 0 aliphatic carbocycles. The van der Waals surface area contributed by atoms with Gasteiger partial charge in [0.1, 0.15) is 5.56 Å². The number of anilines is 1. The van der Waals surface area contributed by atoms with Gasteiger partial charge < -0.3 is 20.3 Å². The minimum Gasteiger partial charge on any atom is -0.504 e. The Morgan fingerprint density at radius 3 is 2.23 bits per heavy atom. The third kappa shape index (κ3) is 4.43. The summed E-state index contributed by atoms with van der Waals surface area (Å²) in [6.45, 7) is 5.37. The van der Waals surface area contributed by atoms with E-state index in [4.69, 9.17) is 4.74 Å². The van der Waals surface area contributed by atoms with Gasteiger partial charge >= 0.3 is 5.97 Å². The van der Waals surface area contributed by atoms with Crippen LogP contribution in [-0.4, -0.2) is 22.1 Å². The van der Waals surface area contributed by atoms with Gasteiger partial charge in [-0.15, -0.1) is 0 Å². The van der Waals surface area contributed by atoms with Gasteiger partial charge in [-0.05, 0) is 49.6 Å². The third-order valence-corrected chi connectivity index (χ3v) is 4.79. The van der Waals surface area contributed by atoms with E-state index in [9.17, 15) is 19.8 Å². The fourth-order valence-corrected chi connectivity index (χ4v) is 2.99. The Bertz CT molecular complexity index is 1090. The van der Waals surface area contributed by atoms with Gasteiger partial charge in [0, 0.05) is 11.3 Å².